The van der Waals surface area contributed by atoms with Crippen LogP contribution in [0.5, 0.6) is 0 Å². The fourth-order valence-corrected chi connectivity index (χ4v) is 4.97. The first-order valence-corrected chi connectivity index (χ1v) is 12.3. The molecule has 1 heterocycles. The minimum atomic E-state index is -0.477. The van der Waals surface area contributed by atoms with Crippen molar-refractivity contribution in [3.05, 3.63) is 40.5 Å². The van der Waals surface area contributed by atoms with Gasteiger partial charge in [-0.1, -0.05) is 30.3 Å². The summed E-state index contributed by atoms with van der Waals surface area (Å²) in [7, 11) is 0. The largest absolute Gasteiger partial charge is 0.458 e. The standard InChI is InChI=1S/C25H35BrN2O4/c1-25(2,3)32-22(30)17-31-16-19-11-9-18(10-12-19)15-28-21(13-14-29)23(26)24(27-28)20-7-5-4-6-8-20/h4-8,18-19,29H,9-17H2,1-3H3/t18-,19-. The smallest absolute Gasteiger partial charge is 0.332 e. The van der Waals surface area contributed by atoms with Crippen LogP contribution < -0.4 is 0 Å². The maximum absolute atomic E-state index is 11.8. The predicted molar refractivity (Wildman–Crippen MR) is 128 cm³/mol. The van der Waals surface area contributed by atoms with E-state index in [0.717, 1.165) is 53.7 Å². The number of rotatable bonds is 9. The van der Waals surface area contributed by atoms with Crippen LogP contribution in [-0.2, 0) is 27.2 Å². The van der Waals surface area contributed by atoms with E-state index >= 15 is 0 Å². The highest BCUT2D eigenvalue weighted by molar-refractivity contribution is 9.10. The molecule has 1 aliphatic carbocycles. The molecule has 0 radical (unpaired) electrons. The van der Waals surface area contributed by atoms with E-state index in [2.05, 4.69) is 32.7 Å². The number of aliphatic hydroxyl groups excluding tert-OH is 1. The first kappa shape index (κ1) is 24.9. The normalized spacial score (nSPS) is 19.2. The molecule has 1 saturated carbocycles. The molecule has 1 aromatic heterocycles. The highest BCUT2D eigenvalue weighted by Gasteiger charge is 2.25. The van der Waals surface area contributed by atoms with Gasteiger partial charge in [-0.15, -0.1) is 0 Å². The van der Waals surface area contributed by atoms with Gasteiger partial charge in [0, 0.05) is 25.1 Å². The summed E-state index contributed by atoms with van der Waals surface area (Å²) in [5.41, 5.74) is 2.57. The quantitative estimate of drug-likeness (QED) is 0.483. The van der Waals surface area contributed by atoms with E-state index in [1.165, 1.54) is 0 Å². The Kier molecular flexibility index (Phi) is 8.91. The molecule has 6 nitrogen and oxygen atoms in total. The molecule has 0 atom stereocenters. The lowest BCUT2D eigenvalue weighted by Crippen LogP contribution is -2.28. The topological polar surface area (TPSA) is 73.6 Å². The molecule has 0 spiro atoms. The summed E-state index contributed by atoms with van der Waals surface area (Å²) in [6.07, 6.45) is 4.97. The van der Waals surface area contributed by atoms with E-state index in [0.29, 0.717) is 24.9 Å². The molecule has 7 heteroatoms. The number of aliphatic hydroxyl groups is 1. The molecule has 1 fully saturated rings. The molecule has 176 valence electrons. The van der Waals surface area contributed by atoms with Gasteiger partial charge in [0.25, 0.3) is 0 Å². The van der Waals surface area contributed by atoms with E-state index < -0.39 is 5.60 Å². The molecular weight excluding hydrogens is 472 g/mol. The summed E-state index contributed by atoms with van der Waals surface area (Å²) in [4.78, 5) is 11.8. The number of ether oxygens (including phenoxy) is 2. The van der Waals surface area contributed by atoms with Crippen molar-refractivity contribution >= 4 is 21.9 Å². The van der Waals surface area contributed by atoms with E-state index in [1.807, 2.05) is 39.0 Å². The number of carbonyl (C=O) groups excluding carboxylic acids is 1. The van der Waals surface area contributed by atoms with Crippen molar-refractivity contribution in [3.8, 4) is 11.3 Å². The third-order valence-corrected chi connectivity index (χ3v) is 6.61. The molecule has 32 heavy (non-hydrogen) atoms. The second-order valence-electron chi connectivity index (χ2n) is 9.62. The Morgan fingerprint density at radius 1 is 1.16 bits per heavy atom. The molecule has 1 aromatic carbocycles. The summed E-state index contributed by atoms with van der Waals surface area (Å²) in [6, 6.07) is 10.1. The lowest BCUT2D eigenvalue weighted by Gasteiger charge is -2.28. The third kappa shape index (κ3) is 7.15. The number of halogens is 1. The molecule has 1 N–H and O–H groups in total. The van der Waals surface area contributed by atoms with Crippen LogP contribution in [0.25, 0.3) is 11.3 Å². The number of aromatic nitrogens is 2. The Morgan fingerprint density at radius 2 is 1.81 bits per heavy atom. The predicted octanol–water partition coefficient (Wildman–Crippen LogP) is 5.01. The lowest BCUT2D eigenvalue weighted by atomic mass is 9.82. The molecular formula is C25H35BrN2O4. The van der Waals surface area contributed by atoms with Gasteiger partial charge in [-0.2, -0.15) is 5.10 Å². The van der Waals surface area contributed by atoms with Crippen LogP contribution in [0.4, 0.5) is 0 Å². The van der Waals surface area contributed by atoms with Crippen molar-refractivity contribution in [2.45, 2.75) is 65.0 Å². The molecule has 0 unspecified atom stereocenters. The molecule has 0 aliphatic heterocycles. The SMILES string of the molecule is CC(C)(C)OC(=O)COC[C@H]1CC[C@H](Cn2nc(-c3ccccc3)c(Br)c2CCO)CC1. The maximum atomic E-state index is 11.8. The number of carbonyl (C=O) groups is 1. The first-order valence-electron chi connectivity index (χ1n) is 11.5. The number of hydrogen-bond donors (Lipinski definition) is 1. The van der Waals surface area contributed by atoms with Gasteiger partial charge in [-0.25, -0.2) is 4.79 Å². The van der Waals surface area contributed by atoms with Crippen LogP contribution >= 0.6 is 15.9 Å². The Balaban J connectivity index is 1.52. The van der Waals surface area contributed by atoms with E-state index in [1.54, 1.807) is 0 Å². The first-order chi connectivity index (χ1) is 15.3. The van der Waals surface area contributed by atoms with Gasteiger partial charge in [-0.05, 0) is 74.2 Å². The number of nitrogens with zero attached hydrogens (tertiary/aromatic N) is 2. The fraction of sp³-hybridized carbons (Fsp3) is 0.600. The highest BCUT2D eigenvalue weighted by atomic mass is 79.9. The average molecular weight is 507 g/mol. The van der Waals surface area contributed by atoms with Crippen LogP contribution in [-0.4, -0.2) is 46.3 Å². The van der Waals surface area contributed by atoms with Gasteiger partial charge in [0.05, 0.1) is 16.8 Å². The van der Waals surface area contributed by atoms with Crippen LogP contribution in [0, 0.1) is 11.8 Å². The Labute approximate surface area is 199 Å². The van der Waals surface area contributed by atoms with E-state index in [9.17, 15) is 9.90 Å². The zero-order valence-electron chi connectivity index (χ0n) is 19.3. The fourth-order valence-electron chi connectivity index (χ4n) is 4.26. The number of hydrogen-bond acceptors (Lipinski definition) is 5. The van der Waals surface area contributed by atoms with Crippen molar-refractivity contribution in [2.75, 3.05) is 19.8 Å². The summed E-state index contributed by atoms with van der Waals surface area (Å²) < 4.78 is 14.0. The zero-order valence-corrected chi connectivity index (χ0v) is 20.9. The zero-order chi connectivity index (χ0) is 23.1. The van der Waals surface area contributed by atoms with Crippen molar-refractivity contribution in [1.82, 2.24) is 9.78 Å². The maximum Gasteiger partial charge on any atom is 0.332 e. The van der Waals surface area contributed by atoms with Crippen molar-refractivity contribution in [3.63, 3.8) is 0 Å². The Morgan fingerprint density at radius 3 is 2.44 bits per heavy atom. The molecule has 0 amide bonds. The van der Waals surface area contributed by atoms with Gasteiger partial charge in [-0.3, -0.25) is 4.68 Å². The summed E-state index contributed by atoms with van der Waals surface area (Å²) >= 11 is 3.72. The summed E-state index contributed by atoms with van der Waals surface area (Å²) in [5.74, 6) is 0.723. The van der Waals surface area contributed by atoms with Gasteiger partial charge < -0.3 is 14.6 Å². The van der Waals surface area contributed by atoms with Crippen molar-refractivity contribution in [1.29, 1.82) is 0 Å². The Hall–Kier alpha value is -1.70. The number of esters is 1. The van der Waals surface area contributed by atoms with Crippen LogP contribution in [0.3, 0.4) is 0 Å². The molecule has 3 rings (SSSR count). The van der Waals surface area contributed by atoms with Gasteiger partial charge in [0.1, 0.15) is 17.9 Å². The monoisotopic (exact) mass is 506 g/mol. The average Bonchev–Trinajstić information content (AvgIpc) is 3.04. The van der Waals surface area contributed by atoms with Crippen LogP contribution in [0.15, 0.2) is 34.8 Å². The van der Waals surface area contributed by atoms with Gasteiger partial charge >= 0.3 is 5.97 Å². The van der Waals surface area contributed by atoms with Crippen LogP contribution in [0.2, 0.25) is 0 Å². The third-order valence-electron chi connectivity index (χ3n) is 5.78. The lowest BCUT2D eigenvalue weighted by molar-refractivity contribution is -0.160. The Bertz CT molecular complexity index is 868. The van der Waals surface area contributed by atoms with E-state index in [-0.39, 0.29) is 19.2 Å². The van der Waals surface area contributed by atoms with E-state index in [4.69, 9.17) is 14.6 Å². The van der Waals surface area contributed by atoms with Crippen LogP contribution in [0.1, 0.15) is 52.1 Å². The second kappa shape index (κ2) is 11.4. The van der Waals surface area contributed by atoms with Gasteiger partial charge in [0.15, 0.2) is 0 Å². The van der Waals surface area contributed by atoms with Crippen molar-refractivity contribution in [2.24, 2.45) is 11.8 Å². The minimum absolute atomic E-state index is 0.0191. The molecule has 0 saturated heterocycles. The summed E-state index contributed by atoms with van der Waals surface area (Å²) in [6.45, 7) is 7.16. The summed E-state index contributed by atoms with van der Waals surface area (Å²) in [5, 5.41) is 14.5. The molecule has 1 aliphatic rings. The number of benzene rings is 1. The minimum Gasteiger partial charge on any atom is -0.458 e. The molecule has 0 bridgehead atoms. The second-order valence-corrected chi connectivity index (χ2v) is 10.4. The molecule has 2 aromatic rings. The highest BCUT2D eigenvalue weighted by Crippen LogP contribution is 2.34. The van der Waals surface area contributed by atoms with Crippen molar-refractivity contribution < 1.29 is 19.4 Å². The van der Waals surface area contributed by atoms with Gasteiger partial charge in [0.2, 0.25) is 0 Å².